The first-order valence-corrected chi connectivity index (χ1v) is 10.6. The average molecular weight is 448 g/mol. The van der Waals surface area contributed by atoms with E-state index < -0.39 is 0 Å². The standard InChI is InChI=1S/C25H25N3O3S/c1-17-11-12-21(16-23(17)26-18(2)29)27-25(32)28-24(30)20-9-6-10-22(15-20)31-14-13-19-7-4-3-5-8-19/h3-12,15-16H,13-14H2,1-2H3,(H,26,29)(H2,27,28,30,32). The van der Waals surface area contributed by atoms with Crippen molar-refractivity contribution in [2.45, 2.75) is 20.3 Å². The van der Waals surface area contributed by atoms with Gasteiger partial charge in [-0.1, -0.05) is 42.5 Å². The van der Waals surface area contributed by atoms with Crippen molar-refractivity contribution in [1.29, 1.82) is 0 Å². The molecule has 0 aliphatic heterocycles. The van der Waals surface area contributed by atoms with Gasteiger partial charge < -0.3 is 15.4 Å². The van der Waals surface area contributed by atoms with Crippen LogP contribution < -0.4 is 20.7 Å². The molecule has 0 saturated carbocycles. The highest BCUT2D eigenvalue weighted by Crippen LogP contribution is 2.20. The second-order valence-corrected chi connectivity index (χ2v) is 7.64. The number of aryl methyl sites for hydroxylation is 1. The maximum atomic E-state index is 12.6. The zero-order valence-electron chi connectivity index (χ0n) is 18.0. The third-order valence-corrected chi connectivity index (χ3v) is 4.84. The molecule has 0 unspecified atom stereocenters. The minimum Gasteiger partial charge on any atom is -0.493 e. The summed E-state index contributed by atoms with van der Waals surface area (Å²) in [6, 6.07) is 22.5. The number of nitrogens with one attached hydrogen (secondary N) is 3. The summed E-state index contributed by atoms with van der Waals surface area (Å²) in [5.74, 6) is 0.114. The van der Waals surface area contributed by atoms with Gasteiger partial charge in [-0.2, -0.15) is 0 Å². The van der Waals surface area contributed by atoms with Gasteiger partial charge in [-0.3, -0.25) is 14.9 Å². The van der Waals surface area contributed by atoms with Crippen molar-refractivity contribution in [3.63, 3.8) is 0 Å². The zero-order valence-corrected chi connectivity index (χ0v) is 18.8. The Morgan fingerprint density at radius 3 is 2.47 bits per heavy atom. The van der Waals surface area contributed by atoms with Crippen LogP contribution in [0.25, 0.3) is 0 Å². The Labute approximate surface area is 193 Å². The average Bonchev–Trinajstić information content (AvgIpc) is 2.76. The smallest absolute Gasteiger partial charge is 0.257 e. The lowest BCUT2D eigenvalue weighted by Gasteiger charge is -2.13. The Morgan fingerprint density at radius 2 is 1.72 bits per heavy atom. The van der Waals surface area contributed by atoms with Crippen LogP contribution in [0.4, 0.5) is 11.4 Å². The van der Waals surface area contributed by atoms with Crippen molar-refractivity contribution in [1.82, 2.24) is 5.32 Å². The highest BCUT2D eigenvalue weighted by Gasteiger charge is 2.10. The number of anilines is 2. The maximum absolute atomic E-state index is 12.6. The van der Waals surface area contributed by atoms with Crippen LogP contribution in [-0.2, 0) is 11.2 Å². The topological polar surface area (TPSA) is 79.5 Å². The Kier molecular flexibility index (Phi) is 7.94. The van der Waals surface area contributed by atoms with Crippen molar-refractivity contribution >= 4 is 40.5 Å². The normalized spacial score (nSPS) is 10.2. The van der Waals surface area contributed by atoms with Gasteiger partial charge in [0.15, 0.2) is 5.11 Å². The first-order valence-electron chi connectivity index (χ1n) is 10.2. The van der Waals surface area contributed by atoms with Crippen LogP contribution in [0.15, 0.2) is 72.8 Å². The number of hydrogen-bond donors (Lipinski definition) is 3. The molecule has 0 radical (unpaired) electrons. The number of carbonyl (C=O) groups excluding carboxylic acids is 2. The Balaban J connectivity index is 1.55. The Bertz CT molecular complexity index is 1120. The van der Waals surface area contributed by atoms with Crippen LogP contribution in [0.2, 0.25) is 0 Å². The van der Waals surface area contributed by atoms with Crippen molar-refractivity contribution in [2.75, 3.05) is 17.2 Å². The molecular weight excluding hydrogens is 422 g/mol. The summed E-state index contributed by atoms with van der Waals surface area (Å²) in [7, 11) is 0. The van der Waals surface area contributed by atoms with Crippen LogP contribution in [0.1, 0.15) is 28.4 Å². The summed E-state index contributed by atoms with van der Waals surface area (Å²) < 4.78 is 5.79. The van der Waals surface area contributed by atoms with E-state index in [-0.39, 0.29) is 16.9 Å². The Morgan fingerprint density at radius 1 is 0.938 bits per heavy atom. The van der Waals surface area contributed by atoms with E-state index in [1.165, 1.54) is 12.5 Å². The summed E-state index contributed by atoms with van der Waals surface area (Å²) in [6.07, 6.45) is 0.780. The first-order chi connectivity index (χ1) is 15.4. The second kappa shape index (κ2) is 11.1. The van der Waals surface area contributed by atoms with Gasteiger partial charge >= 0.3 is 0 Å². The van der Waals surface area contributed by atoms with E-state index in [0.717, 1.165) is 12.0 Å². The van der Waals surface area contributed by atoms with E-state index in [0.29, 0.717) is 29.3 Å². The Hall–Kier alpha value is -3.71. The number of benzene rings is 3. The number of rotatable bonds is 7. The van der Waals surface area contributed by atoms with Gasteiger partial charge in [0.2, 0.25) is 5.91 Å². The fourth-order valence-corrected chi connectivity index (χ4v) is 3.23. The molecule has 3 rings (SSSR count). The summed E-state index contributed by atoms with van der Waals surface area (Å²) in [4.78, 5) is 24.0. The molecule has 0 fully saturated rings. The number of hydrogen-bond acceptors (Lipinski definition) is 4. The van der Waals surface area contributed by atoms with E-state index in [1.807, 2.05) is 55.5 Å². The molecule has 3 aromatic carbocycles. The highest BCUT2D eigenvalue weighted by atomic mass is 32.1. The van der Waals surface area contributed by atoms with Crippen LogP contribution in [0, 0.1) is 6.92 Å². The van der Waals surface area contributed by atoms with E-state index in [9.17, 15) is 9.59 Å². The third kappa shape index (κ3) is 6.92. The monoisotopic (exact) mass is 447 g/mol. The lowest BCUT2D eigenvalue weighted by atomic mass is 10.1. The molecule has 7 heteroatoms. The van der Waals surface area contributed by atoms with E-state index in [4.69, 9.17) is 17.0 Å². The molecule has 0 bridgehead atoms. The summed E-state index contributed by atoms with van der Waals surface area (Å²) in [6.45, 7) is 3.85. The van der Waals surface area contributed by atoms with Crippen molar-refractivity contribution in [3.05, 3.63) is 89.5 Å². The fourth-order valence-electron chi connectivity index (χ4n) is 3.02. The van der Waals surface area contributed by atoms with Gasteiger partial charge in [0.25, 0.3) is 5.91 Å². The minimum absolute atomic E-state index is 0.156. The highest BCUT2D eigenvalue weighted by molar-refractivity contribution is 7.80. The van der Waals surface area contributed by atoms with Crippen molar-refractivity contribution in [3.8, 4) is 5.75 Å². The first kappa shape index (κ1) is 23.0. The van der Waals surface area contributed by atoms with Gasteiger partial charge in [-0.25, -0.2) is 0 Å². The van der Waals surface area contributed by atoms with E-state index in [1.54, 1.807) is 24.3 Å². The third-order valence-electron chi connectivity index (χ3n) is 4.63. The minimum atomic E-state index is -0.342. The van der Waals surface area contributed by atoms with Crippen molar-refractivity contribution in [2.24, 2.45) is 0 Å². The molecule has 0 aliphatic rings. The molecule has 0 aromatic heterocycles. The predicted molar refractivity (Wildman–Crippen MR) is 131 cm³/mol. The van der Waals surface area contributed by atoms with E-state index in [2.05, 4.69) is 16.0 Å². The number of ether oxygens (including phenoxy) is 1. The van der Waals surface area contributed by atoms with Gasteiger partial charge in [0, 0.05) is 30.3 Å². The molecule has 0 aliphatic carbocycles. The molecular formula is C25H25N3O3S. The van der Waals surface area contributed by atoms with Crippen LogP contribution in [0.3, 0.4) is 0 Å². The molecule has 0 spiro atoms. The molecule has 6 nitrogen and oxygen atoms in total. The maximum Gasteiger partial charge on any atom is 0.257 e. The number of carbonyl (C=O) groups is 2. The SMILES string of the molecule is CC(=O)Nc1cc(NC(=S)NC(=O)c2cccc(OCCc3ccccc3)c2)ccc1C. The second-order valence-electron chi connectivity index (χ2n) is 7.23. The summed E-state index contributed by atoms with van der Waals surface area (Å²) >= 11 is 5.27. The molecule has 164 valence electrons. The van der Waals surface area contributed by atoms with Gasteiger partial charge in [-0.15, -0.1) is 0 Å². The van der Waals surface area contributed by atoms with Crippen LogP contribution in [0.5, 0.6) is 5.75 Å². The molecule has 3 aromatic rings. The molecule has 0 saturated heterocycles. The lowest BCUT2D eigenvalue weighted by Crippen LogP contribution is -2.34. The van der Waals surface area contributed by atoms with Crippen LogP contribution >= 0.6 is 12.2 Å². The van der Waals surface area contributed by atoms with Crippen LogP contribution in [-0.4, -0.2) is 23.5 Å². The largest absolute Gasteiger partial charge is 0.493 e. The summed E-state index contributed by atoms with van der Waals surface area (Å²) in [5.41, 5.74) is 3.88. The summed E-state index contributed by atoms with van der Waals surface area (Å²) in [5, 5.41) is 8.55. The molecule has 3 N–H and O–H groups in total. The lowest BCUT2D eigenvalue weighted by molar-refractivity contribution is -0.114. The van der Waals surface area contributed by atoms with E-state index >= 15 is 0 Å². The number of amides is 2. The van der Waals surface area contributed by atoms with Gasteiger partial charge in [0.05, 0.1) is 6.61 Å². The van der Waals surface area contributed by atoms with Gasteiger partial charge in [0.1, 0.15) is 5.75 Å². The molecule has 0 atom stereocenters. The predicted octanol–water partition coefficient (Wildman–Crippen LogP) is 4.70. The van der Waals surface area contributed by atoms with Crippen molar-refractivity contribution < 1.29 is 14.3 Å². The molecule has 32 heavy (non-hydrogen) atoms. The van der Waals surface area contributed by atoms with Gasteiger partial charge in [-0.05, 0) is 60.6 Å². The quantitative estimate of drug-likeness (QED) is 0.458. The fraction of sp³-hybridized carbons (Fsp3) is 0.160. The zero-order chi connectivity index (χ0) is 22.9. The molecule has 0 heterocycles. The molecule has 2 amide bonds. The number of thiocarbonyl (C=S) groups is 1.